The molecule has 0 aliphatic heterocycles. The molecule has 0 saturated carbocycles. The number of anilines is 1. The third-order valence-electron chi connectivity index (χ3n) is 2.77. The lowest BCUT2D eigenvalue weighted by atomic mass is 10.1. The number of hydrogen-bond acceptors (Lipinski definition) is 3. The van der Waals surface area contributed by atoms with Crippen LogP contribution in [0, 0.1) is 19.7 Å². The topological polar surface area (TPSA) is 49.3 Å². The monoisotopic (exact) mass is 279 g/mol. The van der Waals surface area contributed by atoms with Gasteiger partial charge in [-0.25, -0.2) is 9.18 Å². The van der Waals surface area contributed by atoms with Crippen LogP contribution < -0.4 is 5.32 Å². The summed E-state index contributed by atoms with van der Waals surface area (Å²) >= 11 is 1.55. The molecule has 3 nitrogen and oxygen atoms in total. The average Bonchev–Trinajstić information content (AvgIpc) is 2.65. The van der Waals surface area contributed by atoms with Crippen LogP contribution in [0.25, 0.3) is 0 Å². The molecule has 0 amide bonds. The molecule has 1 atom stereocenters. The van der Waals surface area contributed by atoms with E-state index in [0.29, 0.717) is 5.69 Å². The first-order valence-corrected chi connectivity index (χ1v) is 6.61. The first-order valence-electron chi connectivity index (χ1n) is 5.79. The number of rotatable bonds is 4. The number of hydrogen-bond donors (Lipinski definition) is 2. The third kappa shape index (κ3) is 3.12. The average molecular weight is 279 g/mol. The lowest BCUT2D eigenvalue weighted by Gasteiger charge is -2.15. The van der Waals surface area contributed by atoms with Gasteiger partial charge in [0.05, 0.1) is 0 Å². The van der Waals surface area contributed by atoms with Crippen molar-refractivity contribution in [1.82, 2.24) is 0 Å². The SMILES string of the molecule is Cc1cc(C(Nc2cccc(F)c2)C(=O)O)c(C)s1. The van der Waals surface area contributed by atoms with Crippen molar-refractivity contribution in [3.8, 4) is 0 Å². The lowest BCUT2D eigenvalue weighted by Crippen LogP contribution is -2.20. The first-order chi connectivity index (χ1) is 8.97. The summed E-state index contributed by atoms with van der Waals surface area (Å²) in [6, 6.07) is 6.78. The third-order valence-corrected chi connectivity index (χ3v) is 3.75. The largest absolute Gasteiger partial charge is 0.479 e. The first kappa shape index (κ1) is 13.5. The molecule has 100 valence electrons. The molecule has 0 aliphatic rings. The Balaban J connectivity index is 2.32. The minimum atomic E-state index is -0.981. The minimum Gasteiger partial charge on any atom is -0.479 e. The fraction of sp³-hybridized carbons (Fsp3) is 0.214. The van der Waals surface area contributed by atoms with E-state index in [2.05, 4.69) is 5.32 Å². The Hall–Kier alpha value is -1.88. The normalized spacial score (nSPS) is 12.2. The molecule has 1 aromatic carbocycles. The van der Waals surface area contributed by atoms with Gasteiger partial charge < -0.3 is 10.4 Å². The van der Waals surface area contributed by atoms with Crippen LogP contribution in [0.5, 0.6) is 0 Å². The summed E-state index contributed by atoms with van der Waals surface area (Å²) in [5.41, 5.74) is 1.18. The van der Waals surface area contributed by atoms with Crippen molar-refractivity contribution in [3.05, 3.63) is 51.5 Å². The molecule has 0 aliphatic carbocycles. The predicted octanol–water partition coefficient (Wildman–Crippen LogP) is 3.74. The number of aryl methyl sites for hydroxylation is 2. The summed E-state index contributed by atoms with van der Waals surface area (Å²) in [5.74, 6) is -1.38. The zero-order valence-corrected chi connectivity index (χ0v) is 11.4. The molecule has 2 aromatic rings. The molecule has 0 spiro atoms. The Kier molecular flexibility index (Phi) is 3.85. The van der Waals surface area contributed by atoms with Crippen LogP contribution in [0.15, 0.2) is 30.3 Å². The number of nitrogens with one attached hydrogen (secondary N) is 1. The summed E-state index contributed by atoms with van der Waals surface area (Å²) < 4.78 is 13.1. The van der Waals surface area contributed by atoms with Crippen LogP contribution in [0.3, 0.4) is 0 Å². The molecule has 0 bridgehead atoms. The van der Waals surface area contributed by atoms with E-state index in [1.54, 1.807) is 23.5 Å². The maximum absolute atomic E-state index is 13.1. The smallest absolute Gasteiger partial charge is 0.330 e. The van der Waals surface area contributed by atoms with Crippen LogP contribution in [-0.2, 0) is 4.79 Å². The molecule has 0 fully saturated rings. The Morgan fingerprint density at radius 3 is 2.63 bits per heavy atom. The standard InChI is InChI=1S/C14H14FNO2S/c1-8-6-12(9(2)19-8)13(14(17)18)16-11-5-3-4-10(15)7-11/h3-7,13,16H,1-2H3,(H,17,18). The van der Waals surface area contributed by atoms with Gasteiger partial charge in [0.1, 0.15) is 5.82 Å². The van der Waals surface area contributed by atoms with Crippen molar-refractivity contribution in [3.63, 3.8) is 0 Å². The quantitative estimate of drug-likeness (QED) is 0.896. The van der Waals surface area contributed by atoms with Crippen molar-refractivity contribution >= 4 is 23.0 Å². The highest BCUT2D eigenvalue weighted by atomic mass is 32.1. The zero-order chi connectivity index (χ0) is 14.0. The molecule has 0 saturated heterocycles. The van der Waals surface area contributed by atoms with E-state index in [0.717, 1.165) is 15.3 Å². The van der Waals surface area contributed by atoms with Gasteiger partial charge in [-0.2, -0.15) is 0 Å². The van der Waals surface area contributed by atoms with E-state index in [9.17, 15) is 14.3 Å². The highest BCUT2D eigenvalue weighted by molar-refractivity contribution is 7.12. The maximum Gasteiger partial charge on any atom is 0.330 e. The van der Waals surface area contributed by atoms with Crippen molar-refractivity contribution in [2.45, 2.75) is 19.9 Å². The van der Waals surface area contributed by atoms with Gasteiger partial charge in [0, 0.05) is 15.4 Å². The fourth-order valence-electron chi connectivity index (χ4n) is 1.95. The summed E-state index contributed by atoms with van der Waals surface area (Å²) in [5, 5.41) is 12.2. The molecule has 1 aromatic heterocycles. The highest BCUT2D eigenvalue weighted by Gasteiger charge is 2.23. The van der Waals surface area contributed by atoms with Gasteiger partial charge in [0.2, 0.25) is 0 Å². The fourth-order valence-corrected chi connectivity index (χ4v) is 2.92. The van der Waals surface area contributed by atoms with Gasteiger partial charge in [0.15, 0.2) is 6.04 Å². The van der Waals surface area contributed by atoms with Crippen molar-refractivity contribution in [1.29, 1.82) is 0 Å². The Morgan fingerprint density at radius 2 is 2.11 bits per heavy atom. The highest BCUT2D eigenvalue weighted by Crippen LogP contribution is 2.29. The second-order valence-electron chi connectivity index (χ2n) is 4.29. The van der Waals surface area contributed by atoms with E-state index in [4.69, 9.17) is 0 Å². The van der Waals surface area contributed by atoms with Gasteiger partial charge in [-0.3, -0.25) is 0 Å². The maximum atomic E-state index is 13.1. The number of carboxylic acid groups (broad SMARTS) is 1. The summed E-state index contributed by atoms with van der Waals surface area (Å²) in [7, 11) is 0. The number of aliphatic carboxylic acids is 1. The number of benzene rings is 1. The Morgan fingerprint density at radius 1 is 1.37 bits per heavy atom. The van der Waals surface area contributed by atoms with Gasteiger partial charge >= 0.3 is 5.97 Å². The van der Waals surface area contributed by atoms with Crippen LogP contribution in [0.2, 0.25) is 0 Å². The van der Waals surface area contributed by atoms with E-state index >= 15 is 0 Å². The van der Waals surface area contributed by atoms with Gasteiger partial charge in [0.25, 0.3) is 0 Å². The predicted molar refractivity (Wildman–Crippen MR) is 74.2 cm³/mol. The second-order valence-corrected chi connectivity index (χ2v) is 5.75. The molecule has 2 rings (SSSR count). The molecule has 1 heterocycles. The van der Waals surface area contributed by atoms with Crippen molar-refractivity contribution in [2.24, 2.45) is 0 Å². The summed E-state index contributed by atoms with van der Waals surface area (Å²) in [6.45, 7) is 3.82. The van der Waals surface area contributed by atoms with E-state index in [1.165, 1.54) is 12.1 Å². The van der Waals surface area contributed by atoms with Crippen molar-refractivity contribution in [2.75, 3.05) is 5.32 Å². The number of thiophene rings is 1. The molecule has 5 heteroatoms. The number of halogens is 1. The molecular formula is C14H14FNO2S. The van der Waals surface area contributed by atoms with E-state index in [-0.39, 0.29) is 0 Å². The Labute approximate surface area is 114 Å². The summed E-state index contributed by atoms with van der Waals surface area (Å²) in [6.07, 6.45) is 0. The van der Waals surface area contributed by atoms with E-state index < -0.39 is 17.8 Å². The summed E-state index contributed by atoms with van der Waals surface area (Å²) in [4.78, 5) is 13.4. The van der Waals surface area contributed by atoms with Gasteiger partial charge in [-0.05, 0) is 43.7 Å². The lowest BCUT2D eigenvalue weighted by molar-refractivity contribution is -0.138. The van der Waals surface area contributed by atoms with Gasteiger partial charge in [-0.15, -0.1) is 11.3 Å². The van der Waals surface area contributed by atoms with Crippen molar-refractivity contribution < 1.29 is 14.3 Å². The molecule has 19 heavy (non-hydrogen) atoms. The number of carboxylic acids is 1. The second kappa shape index (κ2) is 5.40. The number of carbonyl (C=O) groups is 1. The van der Waals surface area contributed by atoms with Crippen LogP contribution in [0.4, 0.5) is 10.1 Å². The van der Waals surface area contributed by atoms with E-state index in [1.807, 2.05) is 19.9 Å². The van der Waals surface area contributed by atoms with Crippen LogP contribution in [0.1, 0.15) is 21.4 Å². The molecular weight excluding hydrogens is 265 g/mol. The Bertz CT molecular complexity index is 609. The zero-order valence-electron chi connectivity index (χ0n) is 10.6. The molecule has 0 radical (unpaired) electrons. The molecule has 2 N–H and O–H groups in total. The van der Waals surface area contributed by atoms with Crippen LogP contribution >= 0.6 is 11.3 Å². The van der Waals surface area contributed by atoms with Crippen LogP contribution in [-0.4, -0.2) is 11.1 Å². The molecule has 1 unspecified atom stereocenters. The minimum absolute atomic E-state index is 0.396. The van der Waals surface area contributed by atoms with Gasteiger partial charge in [-0.1, -0.05) is 6.07 Å².